The van der Waals surface area contributed by atoms with Crippen molar-refractivity contribution in [2.24, 2.45) is 0 Å². The number of urea groups is 1. The minimum atomic E-state index is -0.866. The molecule has 2 N–H and O–H groups in total. The number of hydrogen-bond acceptors (Lipinski definition) is 2. The van der Waals surface area contributed by atoms with Crippen molar-refractivity contribution < 1.29 is 14.7 Å². The number of para-hydroxylation sites is 1. The highest BCUT2D eigenvalue weighted by Gasteiger charge is 2.27. The molecule has 4 aromatic rings. The Labute approximate surface area is 173 Å². The van der Waals surface area contributed by atoms with Crippen LogP contribution in [0, 0.1) is 0 Å². The summed E-state index contributed by atoms with van der Waals surface area (Å²) in [5, 5.41) is 15.6. The average molecular weight is 399 g/mol. The quantitative estimate of drug-likeness (QED) is 0.534. The molecule has 5 rings (SSSR count). The van der Waals surface area contributed by atoms with Gasteiger partial charge in [-0.15, -0.1) is 0 Å². The Bertz CT molecular complexity index is 1290. The number of aliphatic carboxylic acids is 1. The molecule has 3 aromatic carbocycles. The smallest absolute Gasteiger partial charge is 0.323 e. The molecule has 0 aliphatic carbocycles. The molecule has 6 heteroatoms. The molecule has 0 saturated heterocycles. The molecule has 1 aliphatic heterocycles. The van der Waals surface area contributed by atoms with Crippen LogP contribution in [0.5, 0.6) is 0 Å². The van der Waals surface area contributed by atoms with E-state index in [1.807, 2.05) is 71.3 Å². The fraction of sp³-hybridized carbons (Fsp3) is 0.167. The molecule has 0 radical (unpaired) electrons. The first-order chi connectivity index (χ1) is 14.6. The van der Waals surface area contributed by atoms with Crippen LogP contribution in [0.2, 0.25) is 0 Å². The standard InChI is InChI=1S/C24H21N3O3/c28-23(29)15-27-21-8-4-3-7-19(21)20-14-26(12-11-22(20)27)24(30)25-18-10-9-16-5-1-2-6-17(16)13-18/h1-10,13H,11-12,14-15H2,(H,25,30)(H,28,29). The van der Waals surface area contributed by atoms with Gasteiger partial charge in [0.05, 0.1) is 0 Å². The summed E-state index contributed by atoms with van der Waals surface area (Å²) in [6.45, 7) is 0.934. The van der Waals surface area contributed by atoms with Gasteiger partial charge >= 0.3 is 12.0 Å². The Balaban J connectivity index is 1.42. The lowest BCUT2D eigenvalue weighted by atomic mass is 10.0. The summed E-state index contributed by atoms with van der Waals surface area (Å²) in [5.41, 5.74) is 3.71. The first-order valence-electron chi connectivity index (χ1n) is 9.95. The third-order valence-corrected chi connectivity index (χ3v) is 5.74. The maximum Gasteiger partial charge on any atom is 0.323 e. The van der Waals surface area contributed by atoms with Crippen LogP contribution < -0.4 is 5.32 Å². The average Bonchev–Trinajstić information content (AvgIpc) is 3.06. The number of benzene rings is 3. The predicted molar refractivity (Wildman–Crippen MR) is 117 cm³/mol. The largest absolute Gasteiger partial charge is 0.480 e. The van der Waals surface area contributed by atoms with Gasteiger partial charge in [0, 0.05) is 47.4 Å². The zero-order valence-corrected chi connectivity index (χ0v) is 16.3. The predicted octanol–water partition coefficient (Wildman–Crippen LogP) is 4.47. The fourth-order valence-corrected chi connectivity index (χ4v) is 4.36. The minimum absolute atomic E-state index is 0.0703. The Morgan fingerprint density at radius 2 is 1.73 bits per heavy atom. The number of carboxylic acids is 1. The summed E-state index contributed by atoms with van der Waals surface area (Å²) in [4.78, 5) is 26.1. The van der Waals surface area contributed by atoms with E-state index in [2.05, 4.69) is 5.32 Å². The van der Waals surface area contributed by atoms with E-state index in [0.717, 1.165) is 38.6 Å². The van der Waals surface area contributed by atoms with Gasteiger partial charge in [-0.1, -0.05) is 48.5 Å². The van der Waals surface area contributed by atoms with Gasteiger partial charge in [0.2, 0.25) is 0 Å². The van der Waals surface area contributed by atoms with Gasteiger partial charge in [0.15, 0.2) is 0 Å². The normalized spacial score (nSPS) is 13.4. The number of nitrogens with one attached hydrogen (secondary N) is 1. The Hall–Kier alpha value is -3.80. The van der Waals surface area contributed by atoms with Gasteiger partial charge in [0.25, 0.3) is 0 Å². The second kappa shape index (κ2) is 7.22. The van der Waals surface area contributed by atoms with Gasteiger partial charge in [0.1, 0.15) is 6.54 Å². The molecule has 1 aromatic heterocycles. The van der Waals surface area contributed by atoms with Crippen molar-refractivity contribution in [2.45, 2.75) is 19.5 Å². The highest BCUT2D eigenvalue weighted by atomic mass is 16.4. The molecule has 0 unspecified atom stereocenters. The molecule has 0 spiro atoms. The Kier molecular flexibility index (Phi) is 4.39. The van der Waals surface area contributed by atoms with Crippen molar-refractivity contribution in [3.8, 4) is 0 Å². The molecule has 0 fully saturated rings. The number of anilines is 1. The zero-order valence-electron chi connectivity index (χ0n) is 16.3. The second-order valence-electron chi connectivity index (χ2n) is 7.59. The van der Waals surface area contributed by atoms with Crippen molar-refractivity contribution in [3.63, 3.8) is 0 Å². The van der Waals surface area contributed by atoms with Crippen LogP contribution in [0.25, 0.3) is 21.7 Å². The summed E-state index contributed by atoms with van der Waals surface area (Å²) in [6, 6.07) is 21.6. The van der Waals surface area contributed by atoms with E-state index in [9.17, 15) is 14.7 Å². The third-order valence-electron chi connectivity index (χ3n) is 5.74. The maximum absolute atomic E-state index is 12.9. The molecule has 0 bridgehead atoms. The highest BCUT2D eigenvalue weighted by Crippen LogP contribution is 2.31. The Morgan fingerprint density at radius 1 is 0.967 bits per heavy atom. The van der Waals surface area contributed by atoms with Gasteiger partial charge in [-0.3, -0.25) is 4.79 Å². The number of fused-ring (bicyclic) bond motifs is 4. The van der Waals surface area contributed by atoms with E-state index in [1.165, 1.54) is 0 Å². The summed E-state index contributed by atoms with van der Waals surface area (Å²) in [5.74, 6) is -0.866. The number of nitrogens with zero attached hydrogens (tertiary/aromatic N) is 2. The van der Waals surface area contributed by atoms with E-state index in [0.29, 0.717) is 19.5 Å². The minimum Gasteiger partial charge on any atom is -0.480 e. The molecule has 30 heavy (non-hydrogen) atoms. The first-order valence-corrected chi connectivity index (χ1v) is 9.95. The van der Waals surface area contributed by atoms with Crippen LogP contribution in [0.15, 0.2) is 66.7 Å². The van der Waals surface area contributed by atoms with E-state index in [4.69, 9.17) is 0 Å². The van der Waals surface area contributed by atoms with Gasteiger partial charge in [-0.2, -0.15) is 0 Å². The number of carboxylic acid groups (broad SMARTS) is 1. The van der Waals surface area contributed by atoms with Crippen LogP contribution in [0.4, 0.5) is 10.5 Å². The number of aromatic nitrogens is 1. The van der Waals surface area contributed by atoms with Crippen molar-refractivity contribution in [3.05, 3.63) is 78.0 Å². The number of rotatable bonds is 3. The van der Waals surface area contributed by atoms with Crippen LogP contribution in [0.1, 0.15) is 11.3 Å². The van der Waals surface area contributed by atoms with E-state index in [1.54, 1.807) is 4.90 Å². The maximum atomic E-state index is 12.9. The van der Waals surface area contributed by atoms with Crippen molar-refractivity contribution >= 4 is 39.4 Å². The number of amides is 2. The molecule has 2 heterocycles. The van der Waals surface area contributed by atoms with Crippen LogP contribution in [-0.2, 0) is 24.3 Å². The van der Waals surface area contributed by atoms with Crippen LogP contribution >= 0.6 is 0 Å². The van der Waals surface area contributed by atoms with E-state index < -0.39 is 5.97 Å². The lowest BCUT2D eigenvalue weighted by molar-refractivity contribution is -0.137. The number of carbonyl (C=O) groups is 2. The molecule has 0 saturated carbocycles. The number of carbonyl (C=O) groups excluding carboxylic acids is 1. The van der Waals surface area contributed by atoms with Gasteiger partial charge in [-0.25, -0.2) is 4.79 Å². The lowest BCUT2D eigenvalue weighted by Gasteiger charge is -2.28. The molecule has 1 aliphatic rings. The number of hydrogen-bond donors (Lipinski definition) is 2. The molecule has 150 valence electrons. The van der Waals surface area contributed by atoms with Crippen LogP contribution in [-0.4, -0.2) is 33.1 Å². The SMILES string of the molecule is O=C(O)Cn1c2c(c3ccccc31)CN(C(=O)Nc1ccc3ccccc3c1)CC2. The monoisotopic (exact) mass is 399 g/mol. The van der Waals surface area contributed by atoms with Crippen molar-refractivity contribution in [2.75, 3.05) is 11.9 Å². The molecule has 2 amide bonds. The summed E-state index contributed by atoms with van der Waals surface area (Å²) >= 11 is 0. The van der Waals surface area contributed by atoms with Gasteiger partial charge < -0.3 is 19.9 Å². The highest BCUT2D eigenvalue weighted by molar-refractivity contribution is 5.94. The third kappa shape index (κ3) is 3.16. The van der Waals surface area contributed by atoms with E-state index >= 15 is 0 Å². The topological polar surface area (TPSA) is 74.6 Å². The first kappa shape index (κ1) is 18.2. The lowest BCUT2D eigenvalue weighted by Crippen LogP contribution is -2.39. The molecule has 6 nitrogen and oxygen atoms in total. The van der Waals surface area contributed by atoms with Crippen molar-refractivity contribution in [1.29, 1.82) is 0 Å². The summed E-state index contributed by atoms with van der Waals surface area (Å²) in [6.07, 6.45) is 0.627. The van der Waals surface area contributed by atoms with E-state index in [-0.39, 0.29) is 12.6 Å². The molecular formula is C24H21N3O3. The van der Waals surface area contributed by atoms with Gasteiger partial charge in [-0.05, 0) is 29.0 Å². The van der Waals surface area contributed by atoms with Crippen LogP contribution in [0.3, 0.4) is 0 Å². The Morgan fingerprint density at radius 3 is 2.57 bits per heavy atom. The summed E-state index contributed by atoms with van der Waals surface area (Å²) in [7, 11) is 0. The second-order valence-corrected chi connectivity index (χ2v) is 7.59. The molecule has 0 atom stereocenters. The fourth-order valence-electron chi connectivity index (χ4n) is 4.36. The zero-order chi connectivity index (χ0) is 20.7. The van der Waals surface area contributed by atoms with Crippen molar-refractivity contribution in [1.82, 2.24) is 9.47 Å². The molecular weight excluding hydrogens is 378 g/mol. The summed E-state index contributed by atoms with van der Waals surface area (Å²) < 4.78 is 1.87.